The fourth-order valence-corrected chi connectivity index (χ4v) is 4.06. The SMILES string of the molecule is CN(C)c1cc(N2C[C@H](O)C[C@@H]2CNCc2nc3c([nH]2)CCCC3)ncn1. The number of nitrogens with zero attached hydrogens (tertiary/aromatic N) is 5. The van der Waals surface area contributed by atoms with E-state index in [4.69, 9.17) is 4.98 Å². The van der Waals surface area contributed by atoms with Gasteiger partial charge in [-0.3, -0.25) is 0 Å². The Labute approximate surface area is 160 Å². The van der Waals surface area contributed by atoms with Crippen molar-refractivity contribution in [2.24, 2.45) is 0 Å². The van der Waals surface area contributed by atoms with Crippen LogP contribution in [-0.4, -0.2) is 64.4 Å². The van der Waals surface area contributed by atoms with Crippen LogP contribution in [0.2, 0.25) is 0 Å². The van der Waals surface area contributed by atoms with Crippen LogP contribution in [0.1, 0.15) is 36.5 Å². The molecule has 1 aliphatic heterocycles. The number of imidazole rings is 1. The van der Waals surface area contributed by atoms with Gasteiger partial charge in [0.1, 0.15) is 23.8 Å². The molecule has 3 heterocycles. The second-order valence-corrected chi connectivity index (χ2v) is 7.77. The van der Waals surface area contributed by atoms with E-state index in [1.54, 1.807) is 6.33 Å². The van der Waals surface area contributed by atoms with Crippen LogP contribution >= 0.6 is 0 Å². The van der Waals surface area contributed by atoms with Gasteiger partial charge in [0.25, 0.3) is 0 Å². The molecule has 0 spiro atoms. The van der Waals surface area contributed by atoms with Gasteiger partial charge in [0.15, 0.2) is 0 Å². The zero-order valence-electron chi connectivity index (χ0n) is 16.1. The molecular formula is C19H29N7O. The molecule has 8 heteroatoms. The maximum atomic E-state index is 10.2. The first-order valence-electron chi connectivity index (χ1n) is 9.81. The lowest BCUT2D eigenvalue weighted by Crippen LogP contribution is -2.38. The first-order valence-corrected chi connectivity index (χ1v) is 9.81. The molecule has 27 heavy (non-hydrogen) atoms. The summed E-state index contributed by atoms with van der Waals surface area (Å²) in [5.41, 5.74) is 2.56. The summed E-state index contributed by atoms with van der Waals surface area (Å²) >= 11 is 0. The molecule has 0 saturated carbocycles. The number of rotatable bonds is 6. The minimum atomic E-state index is -0.328. The molecule has 0 bridgehead atoms. The number of H-pyrrole nitrogens is 1. The van der Waals surface area contributed by atoms with Crippen LogP contribution in [0.4, 0.5) is 11.6 Å². The molecule has 0 aromatic carbocycles. The highest BCUT2D eigenvalue weighted by Crippen LogP contribution is 2.25. The molecule has 2 aromatic rings. The van der Waals surface area contributed by atoms with Gasteiger partial charge in [0.2, 0.25) is 0 Å². The maximum absolute atomic E-state index is 10.2. The Kier molecular flexibility index (Phi) is 5.27. The standard InChI is InChI=1S/C19H29N7O/c1-25(2)18-8-19(22-12-21-18)26-11-14(27)7-13(26)9-20-10-17-23-15-5-3-4-6-16(15)24-17/h8,12-14,20,27H,3-7,9-11H2,1-2H3,(H,23,24)/t13-,14-/m1/s1. The van der Waals surface area contributed by atoms with Gasteiger partial charge >= 0.3 is 0 Å². The molecule has 3 N–H and O–H groups in total. The molecule has 0 amide bonds. The molecule has 2 aliphatic rings. The van der Waals surface area contributed by atoms with Crippen LogP contribution in [0.3, 0.4) is 0 Å². The smallest absolute Gasteiger partial charge is 0.134 e. The largest absolute Gasteiger partial charge is 0.391 e. The van der Waals surface area contributed by atoms with Crippen molar-refractivity contribution < 1.29 is 5.11 Å². The summed E-state index contributed by atoms with van der Waals surface area (Å²) in [4.78, 5) is 21.1. The van der Waals surface area contributed by atoms with Crippen molar-refractivity contribution in [2.75, 3.05) is 37.0 Å². The third-order valence-electron chi connectivity index (χ3n) is 5.46. The minimum Gasteiger partial charge on any atom is -0.391 e. The minimum absolute atomic E-state index is 0.203. The van der Waals surface area contributed by atoms with Crippen molar-refractivity contribution in [1.82, 2.24) is 25.3 Å². The van der Waals surface area contributed by atoms with Crippen molar-refractivity contribution in [1.29, 1.82) is 0 Å². The van der Waals surface area contributed by atoms with Gasteiger partial charge in [0.05, 0.1) is 18.3 Å². The second kappa shape index (κ2) is 7.82. The van der Waals surface area contributed by atoms with Gasteiger partial charge in [-0.25, -0.2) is 15.0 Å². The average molecular weight is 371 g/mol. The van der Waals surface area contributed by atoms with Crippen molar-refractivity contribution in [3.05, 3.63) is 29.6 Å². The van der Waals surface area contributed by atoms with E-state index in [1.807, 2.05) is 25.1 Å². The van der Waals surface area contributed by atoms with Crippen molar-refractivity contribution in [3.8, 4) is 0 Å². The van der Waals surface area contributed by atoms with Crippen LogP contribution in [0, 0.1) is 0 Å². The van der Waals surface area contributed by atoms with Crippen LogP contribution in [0.15, 0.2) is 12.4 Å². The fourth-order valence-electron chi connectivity index (χ4n) is 4.06. The van der Waals surface area contributed by atoms with Crippen LogP contribution in [0.25, 0.3) is 0 Å². The summed E-state index contributed by atoms with van der Waals surface area (Å²) in [6.45, 7) is 2.11. The fraction of sp³-hybridized carbons (Fsp3) is 0.632. The first-order chi connectivity index (χ1) is 13.1. The molecule has 0 unspecified atom stereocenters. The Morgan fingerprint density at radius 3 is 2.96 bits per heavy atom. The lowest BCUT2D eigenvalue weighted by molar-refractivity contribution is 0.194. The molecule has 1 aliphatic carbocycles. The predicted octanol–water partition coefficient (Wildman–Crippen LogP) is 0.874. The molecule has 1 saturated heterocycles. The lowest BCUT2D eigenvalue weighted by Gasteiger charge is -2.26. The number of fused-ring (bicyclic) bond motifs is 1. The lowest BCUT2D eigenvalue weighted by atomic mass is 10.0. The van der Waals surface area contributed by atoms with Crippen LogP contribution < -0.4 is 15.1 Å². The summed E-state index contributed by atoms with van der Waals surface area (Å²) in [6, 6.07) is 2.18. The number of aliphatic hydroxyl groups excluding tert-OH is 1. The Morgan fingerprint density at radius 2 is 2.15 bits per heavy atom. The summed E-state index contributed by atoms with van der Waals surface area (Å²) in [5.74, 6) is 2.75. The predicted molar refractivity (Wildman–Crippen MR) is 105 cm³/mol. The zero-order valence-corrected chi connectivity index (χ0v) is 16.1. The molecule has 2 aromatic heterocycles. The molecule has 146 valence electrons. The summed E-state index contributed by atoms with van der Waals surface area (Å²) in [5, 5.41) is 13.7. The summed E-state index contributed by atoms with van der Waals surface area (Å²) in [7, 11) is 3.93. The molecule has 1 fully saturated rings. The normalized spacial score (nSPS) is 22.1. The van der Waals surface area contributed by atoms with Gasteiger partial charge in [-0.05, 0) is 32.1 Å². The van der Waals surface area contributed by atoms with E-state index in [0.717, 1.165) is 49.8 Å². The van der Waals surface area contributed by atoms with Crippen LogP contribution in [0.5, 0.6) is 0 Å². The van der Waals surface area contributed by atoms with Gasteiger partial charge in [-0.1, -0.05) is 0 Å². The Morgan fingerprint density at radius 1 is 1.30 bits per heavy atom. The van der Waals surface area contributed by atoms with Gasteiger partial charge in [-0.15, -0.1) is 0 Å². The topological polar surface area (TPSA) is 93.2 Å². The van der Waals surface area contributed by atoms with Crippen molar-refractivity contribution in [2.45, 2.75) is 50.8 Å². The highest BCUT2D eigenvalue weighted by atomic mass is 16.3. The number of hydrogen-bond acceptors (Lipinski definition) is 7. The molecule has 8 nitrogen and oxygen atoms in total. The number of aryl methyl sites for hydroxylation is 2. The van der Waals surface area contributed by atoms with E-state index in [9.17, 15) is 5.11 Å². The third-order valence-corrected chi connectivity index (χ3v) is 5.46. The Balaban J connectivity index is 1.38. The van der Waals surface area contributed by atoms with Gasteiger partial charge < -0.3 is 25.2 Å². The van der Waals surface area contributed by atoms with Crippen LogP contribution in [-0.2, 0) is 19.4 Å². The average Bonchev–Trinajstić information content (AvgIpc) is 3.24. The monoisotopic (exact) mass is 371 g/mol. The summed E-state index contributed by atoms with van der Waals surface area (Å²) in [6.07, 6.45) is 6.71. The Hall–Kier alpha value is -2.19. The third kappa shape index (κ3) is 4.06. The molecule has 4 rings (SSSR count). The van der Waals surface area contributed by atoms with Crippen molar-refractivity contribution >= 4 is 11.6 Å². The molecule has 2 atom stereocenters. The number of aromatic amines is 1. The van der Waals surface area contributed by atoms with E-state index < -0.39 is 0 Å². The number of aliphatic hydroxyl groups is 1. The highest BCUT2D eigenvalue weighted by molar-refractivity contribution is 5.51. The number of aromatic nitrogens is 4. The number of anilines is 2. The summed E-state index contributed by atoms with van der Waals surface area (Å²) < 4.78 is 0. The number of nitrogens with one attached hydrogen (secondary N) is 2. The van der Waals surface area contributed by atoms with Gasteiger partial charge in [-0.2, -0.15) is 0 Å². The number of β-amino-alcohol motifs (C(OH)–C–C–N with tert-alkyl or cyclic N) is 1. The zero-order chi connectivity index (χ0) is 18.8. The highest BCUT2D eigenvalue weighted by Gasteiger charge is 2.32. The van der Waals surface area contributed by atoms with E-state index in [0.29, 0.717) is 6.54 Å². The first kappa shape index (κ1) is 18.2. The maximum Gasteiger partial charge on any atom is 0.134 e. The number of hydrogen-bond donors (Lipinski definition) is 3. The van der Waals surface area contributed by atoms with Crippen molar-refractivity contribution in [3.63, 3.8) is 0 Å². The Bertz CT molecular complexity index is 752. The van der Waals surface area contributed by atoms with Gasteiger partial charge in [0, 0.05) is 45.0 Å². The quantitative estimate of drug-likeness (QED) is 0.694. The molecule has 0 radical (unpaired) electrons. The molecular weight excluding hydrogens is 342 g/mol. The van der Waals surface area contributed by atoms with E-state index in [2.05, 4.69) is 25.2 Å². The van der Waals surface area contributed by atoms with E-state index in [-0.39, 0.29) is 12.1 Å². The van der Waals surface area contributed by atoms with E-state index >= 15 is 0 Å². The van der Waals surface area contributed by atoms with E-state index in [1.165, 1.54) is 24.2 Å². The second-order valence-electron chi connectivity index (χ2n) is 7.77.